The number of rotatable bonds is 26. The molecule has 5 rings (SSSR count). The molecule has 17 N–H and O–H groups in total. The standard InChI is InChI=1S/C46H60N12O14/c1-23(61)38(46(71)72)57-44(69)36-7-4-14-58(36)45(70)33(15-24-8-10-27(62)11-9-24)54-42(67)34(20-59)56-43(68)35(21-60)55-41(66)32(16-25-18-50-30-6-3-2-5-28(25)30)53-40(65)31(12-13-37(48)63)52-39(64)29(47)17-26-19-49-22-51-26/h2-3,5-6,8-11,18-19,22-23,29,31-36,38,50,59-62H,4,7,12-17,20-21,47H2,1H3,(H2,48,63)(H,49,51)(H,52,64)(H,53,65)(H,54,67)(H,55,66)(H,56,68)(H,57,69)(H,71,72)/t23-,29+,31+,32+,33+,34+,35+,36+,38+/m1/s1. The molecule has 0 bridgehead atoms. The molecule has 8 amide bonds. The van der Waals surface area contributed by atoms with Crippen molar-refractivity contribution in [3.05, 3.63) is 84.1 Å². The number of carboxylic acids is 1. The number of aromatic hydroxyl groups is 1. The Kier molecular flexibility index (Phi) is 19.7. The quantitative estimate of drug-likeness (QED) is 0.0282. The predicted octanol–water partition coefficient (Wildman–Crippen LogP) is -4.43. The van der Waals surface area contributed by atoms with E-state index in [0.29, 0.717) is 34.1 Å². The van der Waals surface area contributed by atoms with Crippen LogP contribution in [0.4, 0.5) is 0 Å². The first-order valence-electron chi connectivity index (χ1n) is 22.9. The zero-order chi connectivity index (χ0) is 52.6. The molecule has 26 heteroatoms. The van der Waals surface area contributed by atoms with Crippen LogP contribution >= 0.6 is 0 Å². The molecular formula is C46H60N12O14. The Morgan fingerprint density at radius 2 is 1.36 bits per heavy atom. The SMILES string of the molecule is C[C@@H](O)[C@H](NC(=O)[C@@H]1CCCN1C(=O)[C@H](Cc1ccc(O)cc1)NC(=O)[C@H](CO)NC(=O)[C@H](CO)NC(=O)[C@H](Cc1c[nH]c2ccccc12)NC(=O)[C@H](CCC(N)=O)NC(=O)[C@@H](N)Cc1cnc[nH]1)C(=O)O. The number of para-hydroxylation sites is 1. The van der Waals surface area contributed by atoms with Crippen molar-refractivity contribution >= 4 is 64.1 Å². The third-order valence-electron chi connectivity index (χ3n) is 11.9. The fourth-order valence-electron chi connectivity index (χ4n) is 7.98. The van der Waals surface area contributed by atoms with Gasteiger partial charge in [-0.25, -0.2) is 9.78 Å². The molecule has 388 valence electrons. The molecule has 2 aromatic heterocycles. The number of amides is 8. The first kappa shape index (κ1) is 55.0. The number of nitrogens with zero attached hydrogens (tertiary/aromatic N) is 2. The maximum atomic E-state index is 14.2. The summed E-state index contributed by atoms with van der Waals surface area (Å²) in [5.41, 5.74) is 13.6. The van der Waals surface area contributed by atoms with Crippen LogP contribution in [0.25, 0.3) is 10.9 Å². The second kappa shape index (κ2) is 25.8. The summed E-state index contributed by atoms with van der Waals surface area (Å²) in [5.74, 6) is -9.18. The Labute approximate surface area is 411 Å². The lowest BCUT2D eigenvalue weighted by Crippen LogP contribution is -2.61. The summed E-state index contributed by atoms with van der Waals surface area (Å²) in [6.45, 7) is -0.974. The number of hydrogen-bond acceptors (Lipinski definition) is 15. The van der Waals surface area contributed by atoms with E-state index in [-0.39, 0.29) is 50.8 Å². The zero-order valence-electron chi connectivity index (χ0n) is 39.1. The largest absolute Gasteiger partial charge is 0.508 e. The van der Waals surface area contributed by atoms with Gasteiger partial charge in [0.25, 0.3) is 0 Å². The number of benzene rings is 2. The fraction of sp³-hybridized carbons (Fsp3) is 0.435. The van der Waals surface area contributed by atoms with Crippen LogP contribution in [0.1, 0.15) is 49.4 Å². The highest BCUT2D eigenvalue weighted by molar-refractivity contribution is 5.98. The molecule has 0 spiro atoms. The third kappa shape index (κ3) is 15.0. The molecule has 1 aliphatic rings. The number of H-pyrrole nitrogens is 2. The summed E-state index contributed by atoms with van der Waals surface area (Å²) in [7, 11) is 0. The number of imidazole rings is 1. The Hall–Kier alpha value is -7.94. The number of aliphatic hydroxyl groups is 3. The fourth-order valence-corrected chi connectivity index (χ4v) is 7.98. The van der Waals surface area contributed by atoms with Crippen molar-refractivity contribution in [1.82, 2.24) is 51.8 Å². The number of phenolic OH excluding ortho intramolecular Hbond substituents is 1. The van der Waals surface area contributed by atoms with Gasteiger partial charge in [-0.2, -0.15) is 0 Å². The van der Waals surface area contributed by atoms with Gasteiger partial charge in [-0.1, -0.05) is 30.3 Å². The normalized spacial score (nSPS) is 16.7. The number of nitrogens with one attached hydrogen (secondary N) is 8. The van der Waals surface area contributed by atoms with E-state index in [1.165, 1.54) is 36.8 Å². The number of nitrogens with two attached hydrogens (primary N) is 2. The van der Waals surface area contributed by atoms with Gasteiger partial charge in [0.05, 0.1) is 31.7 Å². The number of aliphatic hydroxyl groups excluding tert-OH is 3. The van der Waals surface area contributed by atoms with E-state index in [2.05, 4.69) is 46.9 Å². The zero-order valence-corrected chi connectivity index (χ0v) is 39.1. The monoisotopic (exact) mass is 1000 g/mol. The number of carbonyl (C=O) groups is 9. The van der Waals surface area contributed by atoms with Gasteiger partial charge >= 0.3 is 5.97 Å². The van der Waals surface area contributed by atoms with E-state index >= 15 is 0 Å². The number of aromatic amines is 2. The third-order valence-corrected chi connectivity index (χ3v) is 11.9. The molecule has 2 aromatic carbocycles. The molecule has 1 saturated heterocycles. The van der Waals surface area contributed by atoms with Crippen LogP contribution in [-0.4, -0.2) is 173 Å². The minimum absolute atomic E-state index is 0.00669. The van der Waals surface area contributed by atoms with Gasteiger partial charge in [0.1, 0.15) is 42.0 Å². The van der Waals surface area contributed by atoms with Gasteiger partial charge in [0.2, 0.25) is 47.3 Å². The van der Waals surface area contributed by atoms with E-state index in [1.807, 2.05) is 0 Å². The average molecular weight is 1010 g/mol. The van der Waals surface area contributed by atoms with Crippen LogP contribution < -0.4 is 43.4 Å². The number of carbonyl (C=O) groups excluding carboxylic acids is 8. The molecule has 0 saturated carbocycles. The van der Waals surface area contributed by atoms with Crippen LogP contribution in [0.5, 0.6) is 5.75 Å². The van der Waals surface area contributed by atoms with Crippen LogP contribution in [-0.2, 0) is 62.4 Å². The Morgan fingerprint density at radius 1 is 0.764 bits per heavy atom. The average Bonchev–Trinajstić information content (AvgIpc) is 4.15. The van der Waals surface area contributed by atoms with Crippen LogP contribution in [0.15, 0.2) is 67.3 Å². The molecule has 1 aliphatic heterocycles. The summed E-state index contributed by atoms with van der Waals surface area (Å²) in [5, 5.41) is 65.1. The molecule has 26 nitrogen and oxygen atoms in total. The Bertz CT molecular complexity index is 2550. The van der Waals surface area contributed by atoms with Crippen molar-refractivity contribution in [1.29, 1.82) is 0 Å². The van der Waals surface area contributed by atoms with Crippen LogP contribution in [0, 0.1) is 0 Å². The van der Waals surface area contributed by atoms with Crippen molar-refractivity contribution in [2.75, 3.05) is 19.8 Å². The smallest absolute Gasteiger partial charge is 0.328 e. The van der Waals surface area contributed by atoms with Gasteiger partial charge in [-0.05, 0) is 55.5 Å². The number of aliphatic carboxylic acids is 1. The summed E-state index contributed by atoms with van der Waals surface area (Å²) in [4.78, 5) is 131. The molecule has 1 fully saturated rings. The molecule has 9 atom stereocenters. The molecule has 3 heterocycles. The van der Waals surface area contributed by atoms with Crippen LogP contribution in [0.2, 0.25) is 0 Å². The van der Waals surface area contributed by atoms with Gasteiger partial charge in [-0.3, -0.25) is 38.4 Å². The van der Waals surface area contributed by atoms with Crippen molar-refractivity contribution in [2.45, 2.75) is 106 Å². The van der Waals surface area contributed by atoms with Gasteiger partial charge < -0.3 is 83.8 Å². The number of carboxylic acid groups (broad SMARTS) is 1. The highest BCUT2D eigenvalue weighted by atomic mass is 16.4. The lowest BCUT2D eigenvalue weighted by atomic mass is 10.0. The first-order valence-corrected chi connectivity index (χ1v) is 22.9. The maximum absolute atomic E-state index is 14.2. The second-order valence-corrected chi connectivity index (χ2v) is 17.3. The number of phenols is 1. The van der Waals surface area contributed by atoms with E-state index in [9.17, 15) is 68.7 Å². The van der Waals surface area contributed by atoms with Gasteiger partial charge in [0.15, 0.2) is 6.04 Å². The molecule has 0 unspecified atom stereocenters. The highest BCUT2D eigenvalue weighted by Crippen LogP contribution is 2.22. The highest BCUT2D eigenvalue weighted by Gasteiger charge is 2.41. The summed E-state index contributed by atoms with van der Waals surface area (Å²) < 4.78 is 0. The first-order chi connectivity index (χ1) is 34.3. The summed E-state index contributed by atoms with van der Waals surface area (Å²) in [6.07, 6.45) is 2.23. The molecule has 72 heavy (non-hydrogen) atoms. The summed E-state index contributed by atoms with van der Waals surface area (Å²) in [6, 6.07) is 0.381. The molecule has 4 aromatic rings. The lowest BCUT2D eigenvalue weighted by molar-refractivity contribution is -0.147. The number of primary amides is 1. The Balaban J connectivity index is 1.33. The van der Waals surface area contributed by atoms with E-state index in [4.69, 9.17) is 11.5 Å². The van der Waals surface area contributed by atoms with Crippen molar-refractivity contribution in [3.8, 4) is 5.75 Å². The minimum Gasteiger partial charge on any atom is -0.508 e. The molecule has 0 radical (unpaired) electrons. The van der Waals surface area contributed by atoms with Gasteiger partial charge in [0, 0.05) is 61.2 Å². The number of hydrogen-bond donors (Lipinski definition) is 15. The maximum Gasteiger partial charge on any atom is 0.328 e. The number of aromatic nitrogens is 3. The Morgan fingerprint density at radius 3 is 1.96 bits per heavy atom. The molecular weight excluding hydrogens is 945 g/mol. The predicted molar refractivity (Wildman–Crippen MR) is 252 cm³/mol. The number of likely N-dealkylation sites (tertiary alicyclic amines) is 1. The topological polar surface area (TPSA) is 427 Å². The minimum atomic E-state index is -1.83. The van der Waals surface area contributed by atoms with E-state index in [0.717, 1.165) is 11.8 Å². The summed E-state index contributed by atoms with van der Waals surface area (Å²) >= 11 is 0. The van der Waals surface area contributed by atoms with Gasteiger partial charge in [-0.15, -0.1) is 0 Å². The number of fused-ring (bicyclic) bond motifs is 1. The lowest BCUT2D eigenvalue weighted by Gasteiger charge is -2.30. The van der Waals surface area contributed by atoms with Crippen molar-refractivity contribution < 1.29 is 68.7 Å². The van der Waals surface area contributed by atoms with Crippen LogP contribution in [0.3, 0.4) is 0 Å². The van der Waals surface area contributed by atoms with E-state index in [1.54, 1.807) is 30.5 Å². The van der Waals surface area contributed by atoms with Crippen molar-refractivity contribution in [2.24, 2.45) is 11.5 Å². The van der Waals surface area contributed by atoms with Crippen molar-refractivity contribution in [3.63, 3.8) is 0 Å². The van der Waals surface area contributed by atoms with E-state index < -0.39 is 121 Å². The molecule has 0 aliphatic carbocycles. The second-order valence-electron chi connectivity index (χ2n) is 17.3.